The predicted molar refractivity (Wildman–Crippen MR) is 136 cm³/mol. The van der Waals surface area contributed by atoms with E-state index >= 15 is 0 Å². The minimum Gasteiger partial charge on any atom is -0.459 e. The van der Waals surface area contributed by atoms with E-state index in [1.54, 1.807) is 13.0 Å². The number of hydrogen-bond donors (Lipinski definition) is 1. The minimum atomic E-state index is -0.923. The van der Waals surface area contributed by atoms with Crippen LogP contribution in [0.15, 0.2) is 23.3 Å². The zero-order chi connectivity index (χ0) is 25.8. The second kappa shape index (κ2) is 9.04. The number of carbonyl (C=O) groups is 2. The average Bonchev–Trinajstić information content (AvgIpc) is 3.02. The number of fused-ring (bicyclic) bond motifs is 3. The summed E-state index contributed by atoms with van der Waals surface area (Å²) in [7, 11) is 0. The van der Waals surface area contributed by atoms with Gasteiger partial charge in [-0.3, -0.25) is 0 Å². The molecule has 5 nitrogen and oxygen atoms in total. The van der Waals surface area contributed by atoms with E-state index in [9.17, 15) is 14.7 Å². The summed E-state index contributed by atoms with van der Waals surface area (Å²) in [6, 6.07) is 0. The fourth-order valence-corrected chi connectivity index (χ4v) is 8.97. The van der Waals surface area contributed by atoms with E-state index in [1.807, 2.05) is 26.8 Å². The van der Waals surface area contributed by atoms with E-state index in [4.69, 9.17) is 9.47 Å². The first kappa shape index (κ1) is 26.4. The fraction of sp³-hybridized carbons (Fsp3) is 0.800. The van der Waals surface area contributed by atoms with Crippen LogP contribution in [0.4, 0.5) is 0 Å². The normalized spacial score (nSPS) is 42.6. The highest BCUT2D eigenvalue weighted by atomic mass is 16.5. The highest BCUT2D eigenvalue weighted by molar-refractivity contribution is 5.88. The monoisotopic (exact) mass is 486 g/mol. The van der Waals surface area contributed by atoms with Crippen molar-refractivity contribution in [2.45, 2.75) is 112 Å². The molecule has 0 unspecified atom stereocenters. The van der Waals surface area contributed by atoms with Gasteiger partial charge in [0.15, 0.2) is 0 Å². The molecule has 0 heterocycles. The lowest BCUT2D eigenvalue weighted by Crippen LogP contribution is -2.59. The number of esters is 2. The molecule has 0 saturated heterocycles. The van der Waals surface area contributed by atoms with E-state index in [0.29, 0.717) is 23.0 Å². The lowest BCUT2D eigenvalue weighted by Gasteiger charge is -2.65. The molecule has 4 rings (SSSR count). The zero-order valence-electron chi connectivity index (χ0n) is 22.9. The summed E-state index contributed by atoms with van der Waals surface area (Å²) in [5, 5.41) is 11.7. The first-order valence-corrected chi connectivity index (χ1v) is 13.7. The Morgan fingerprint density at radius 3 is 2.23 bits per heavy atom. The first-order chi connectivity index (χ1) is 16.3. The van der Waals surface area contributed by atoms with Crippen LogP contribution in [-0.4, -0.2) is 35.4 Å². The highest BCUT2D eigenvalue weighted by Gasteiger charge is 2.68. The quantitative estimate of drug-likeness (QED) is 0.373. The maximum Gasteiger partial charge on any atom is 0.333 e. The third-order valence-corrected chi connectivity index (χ3v) is 11.0. The topological polar surface area (TPSA) is 72.8 Å². The molecule has 0 amide bonds. The van der Waals surface area contributed by atoms with Gasteiger partial charge in [0.05, 0.1) is 0 Å². The van der Waals surface area contributed by atoms with Crippen molar-refractivity contribution in [3.05, 3.63) is 23.3 Å². The molecular formula is C30H46O5. The molecule has 0 aromatic heterocycles. The van der Waals surface area contributed by atoms with Crippen LogP contribution in [0.2, 0.25) is 0 Å². The van der Waals surface area contributed by atoms with Crippen LogP contribution in [0, 0.1) is 34.0 Å². The van der Waals surface area contributed by atoms with Crippen LogP contribution >= 0.6 is 0 Å². The molecule has 4 fully saturated rings. The van der Waals surface area contributed by atoms with Crippen molar-refractivity contribution in [1.29, 1.82) is 0 Å². The summed E-state index contributed by atoms with van der Waals surface area (Å²) < 4.78 is 11.7. The Morgan fingerprint density at radius 2 is 1.57 bits per heavy atom. The molecule has 2 bridgehead atoms. The molecule has 7 atom stereocenters. The van der Waals surface area contributed by atoms with E-state index in [-0.39, 0.29) is 46.8 Å². The van der Waals surface area contributed by atoms with Gasteiger partial charge in [-0.2, -0.15) is 0 Å². The number of allylic oxidation sites excluding steroid dienone is 2. The van der Waals surface area contributed by atoms with Gasteiger partial charge in [0.2, 0.25) is 0 Å². The molecule has 1 spiro atoms. The molecule has 196 valence electrons. The van der Waals surface area contributed by atoms with Crippen molar-refractivity contribution < 1.29 is 24.2 Å². The second-order valence-electron chi connectivity index (χ2n) is 13.0. The smallest absolute Gasteiger partial charge is 0.333 e. The fourth-order valence-electron chi connectivity index (χ4n) is 8.97. The Hall–Kier alpha value is -1.62. The summed E-state index contributed by atoms with van der Waals surface area (Å²) in [5.74, 6) is 0.704. The Morgan fingerprint density at radius 1 is 0.914 bits per heavy atom. The summed E-state index contributed by atoms with van der Waals surface area (Å²) in [5.41, 5.74) is 0.520. The number of hydrogen-bond acceptors (Lipinski definition) is 5. The Balaban J connectivity index is 1.53. The molecule has 4 aliphatic carbocycles. The predicted octanol–water partition coefficient (Wildman–Crippen LogP) is 6.15. The molecule has 4 saturated carbocycles. The molecule has 0 radical (unpaired) electrons. The average molecular weight is 487 g/mol. The lowest BCUT2D eigenvalue weighted by molar-refractivity contribution is -0.196. The van der Waals surface area contributed by atoms with Gasteiger partial charge in [-0.05, 0) is 108 Å². The largest absolute Gasteiger partial charge is 0.459 e. The van der Waals surface area contributed by atoms with E-state index in [2.05, 4.69) is 20.8 Å². The van der Waals surface area contributed by atoms with Gasteiger partial charge >= 0.3 is 11.9 Å². The standard InChI is InChI=1S/C30H46O5/c1-8-19(3)25(31)34-18-30(33)17-29-15-12-22-27(5,6)24(35-26(32)20(4)9-2)13-14-28(22,7)23(29)11-10-21(30)16-29/h8-9,21-24,33H,10-18H2,1-7H3/b19-8-,20-9-/t21-,22-,23-,24-,28-,29+,30+/m1/s1. The number of aliphatic hydroxyl groups is 1. The molecule has 0 aliphatic heterocycles. The van der Waals surface area contributed by atoms with Gasteiger partial charge in [-0.15, -0.1) is 0 Å². The van der Waals surface area contributed by atoms with Crippen molar-refractivity contribution in [3.63, 3.8) is 0 Å². The van der Waals surface area contributed by atoms with Crippen LogP contribution in [0.3, 0.4) is 0 Å². The zero-order valence-corrected chi connectivity index (χ0v) is 22.9. The van der Waals surface area contributed by atoms with E-state index in [0.717, 1.165) is 51.4 Å². The molecule has 4 aliphatic rings. The third kappa shape index (κ3) is 4.20. The van der Waals surface area contributed by atoms with Crippen LogP contribution in [0.5, 0.6) is 0 Å². The number of carbonyl (C=O) groups excluding carboxylic acids is 2. The van der Waals surface area contributed by atoms with Crippen molar-refractivity contribution in [3.8, 4) is 0 Å². The Bertz CT molecular complexity index is 931. The van der Waals surface area contributed by atoms with Gasteiger partial charge in [0.1, 0.15) is 18.3 Å². The van der Waals surface area contributed by atoms with Crippen molar-refractivity contribution >= 4 is 11.9 Å². The lowest BCUT2D eigenvalue weighted by atomic mass is 9.41. The minimum absolute atomic E-state index is 0.0665. The molecule has 0 aromatic rings. The van der Waals surface area contributed by atoms with Crippen LogP contribution < -0.4 is 0 Å². The van der Waals surface area contributed by atoms with Crippen LogP contribution in [0.25, 0.3) is 0 Å². The van der Waals surface area contributed by atoms with Gasteiger partial charge in [-0.1, -0.05) is 32.9 Å². The maximum absolute atomic E-state index is 12.6. The first-order valence-electron chi connectivity index (χ1n) is 13.7. The van der Waals surface area contributed by atoms with E-state index in [1.165, 1.54) is 0 Å². The molecule has 5 heteroatoms. The second-order valence-corrected chi connectivity index (χ2v) is 13.0. The Kier molecular flexibility index (Phi) is 6.83. The number of rotatable bonds is 5. The van der Waals surface area contributed by atoms with Crippen molar-refractivity contribution in [2.24, 2.45) is 34.0 Å². The van der Waals surface area contributed by atoms with Crippen molar-refractivity contribution in [1.82, 2.24) is 0 Å². The highest BCUT2D eigenvalue weighted by Crippen LogP contribution is 2.73. The van der Waals surface area contributed by atoms with Crippen LogP contribution in [-0.2, 0) is 19.1 Å². The molecule has 1 N–H and O–H groups in total. The molecule has 35 heavy (non-hydrogen) atoms. The SMILES string of the molecule is C/C=C(/C)C(=O)OC[C@@]1(O)C[C@@]23CC[C@@H]4C(C)(C)[C@H](OC(=O)/C(C)=C\C)CC[C@@]4(C)[C@H]2CC[C@@H]1C3. The number of ether oxygens (including phenoxy) is 2. The third-order valence-electron chi connectivity index (χ3n) is 11.0. The summed E-state index contributed by atoms with van der Waals surface area (Å²) >= 11 is 0. The Labute approximate surface area is 211 Å². The molecule has 0 aromatic carbocycles. The van der Waals surface area contributed by atoms with Gasteiger partial charge < -0.3 is 14.6 Å². The summed E-state index contributed by atoms with van der Waals surface area (Å²) in [4.78, 5) is 24.9. The van der Waals surface area contributed by atoms with Crippen molar-refractivity contribution in [2.75, 3.05) is 6.61 Å². The van der Waals surface area contributed by atoms with Gasteiger partial charge in [0.25, 0.3) is 0 Å². The van der Waals surface area contributed by atoms with Gasteiger partial charge in [-0.25, -0.2) is 9.59 Å². The van der Waals surface area contributed by atoms with Crippen LogP contribution in [0.1, 0.15) is 99.8 Å². The van der Waals surface area contributed by atoms with E-state index < -0.39 is 5.60 Å². The molecular weight excluding hydrogens is 440 g/mol. The summed E-state index contributed by atoms with van der Waals surface area (Å²) in [6.07, 6.45) is 11.5. The van der Waals surface area contributed by atoms with Gasteiger partial charge in [0, 0.05) is 16.6 Å². The maximum atomic E-state index is 12.6. The summed E-state index contributed by atoms with van der Waals surface area (Å²) in [6.45, 7) is 14.5.